The maximum absolute atomic E-state index is 13.6. The standard InChI is InChI=1S/C25H24N2O5/c1-29-17-10-12-20-19(14-17)25(28)27(15-16-8-6-5-7-9-16)24(26-20)18-11-13-21(30-2)23(32-4)22(18)31-3/h5-14H,15H2,1-4H3. The van der Waals surface area contributed by atoms with Crippen molar-refractivity contribution in [1.82, 2.24) is 9.55 Å². The Labute approximate surface area is 185 Å². The summed E-state index contributed by atoms with van der Waals surface area (Å²) in [4.78, 5) is 18.5. The Morgan fingerprint density at radius 1 is 0.812 bits per heavy atom. The van der Waals surface area contributed by atoms with Crippen molar-refractivity contribution < 1.29 is 18.9 Å². The van der Waals surface area contributed by atoms with Crippen LogP contribution in [0, 0.1) is 0 Å². The molecule has 0 saturated heterocycles. The summed E-state index contributed by atoms with van der Waals surface area (Å²) in [6, 6.07) is 18.6. The molecule has 1 aromatic heterocycles. The Hall–Kier alpha value is -4.00. The Kier molecular flexibility index (Phi) is 5.98. The van der Waals surface area contributed by atoms with Crippen molar-refractivity contribution in [3.05, 3.63) is 76.6 Å². The topological polar surface area (TPSA) is 71.8 Å². The molecule has 7 nitrogen and oxygen atoms in total. The average molecular weight is 432 g/mol. The van der Waals surface area contributed by atoms with Crippen molar-refractivity contribution >= 4 is 10.9 Å². The summed E-state index contributed by atoms with van der Waals surface area (Å²) in [6.07, 6.45) is 0. The van der Waals surface area contributed by atoms with Crippen molar-refractivity contribution in [2.24, 2.45) is 0 Å². The molecule has 1 heterocycles. The van der Waals surface area contributed by atoms with Gasteiger partial charge in [-0.05, 0) is 35.9 Å². The van der Waals surface area contributed by atoms with Crippen LogP contribution in [0.2, 0.25) is 0 Å². The zero-order valence-corrected chi connectivity index (χ0v) is 18.4. The molecule has 0 N–H and O–H groups in total. The first kappa shape index (κ1) is 21.2. The van der Waals surface area contributed by atoms with E-state index < -0.39 is 0 Å². The number of rotatable bonds is 7. The van der Waals surface area contributed by atoms with Crippen LogP contribution in [0.15, 0.2) is 65.5 Å². The summed E-state index contributed by atoms with van der Waals surface area (Å²) in [5.41, 5.74) is 1.98. The molecule has 0 saturated carbocycles. The second-order valence-corrected chi connectivity index (χ2v) is 7.08. The van der Waals surface area contributed by atoms with E-state index in [4.69, 9.17) is 23.9 Å². The van der Waals surface area contributed by atoms with Crippen LogP contribution in [0.1, 0.15) is 5.56 Å². The SMILES string of the molecule is COc1ccc2nc(-c3ccc(OC)c(OC)c3OC)n(Cc3ccccc3)c(=O)c2c1. The third-order valence-corrected chi connectivity index (χ3v) is 5.29. The van der Waals surface area contributed by atoms with Crippen LogP contribution in [0.5, 0.6) is 23.0 Å². The van der Waals surface area contributed by atoms with Crippen LogP contribution >= 0.6 is 0 Å². The monoisotopic (exact) mass is 432 g/mol. The molecule has 0 spiro atoms. The number of hydrogen-bond donors (Lipinski definition) is 0. The zero-order chi connectivity index (χ0) is 22.7. The highest BCUT2D eigenvalue weighted by molar-refractivity contribution is 5.83. The Morgan fingerprint density at radius 3 is 2.22 bits per heavy atom. The molecule has 3 aromatic carbocycles. The first-order chi connectivity index (χ1) is 15.6. The fourth-order valence-electron chi connectivity index (χ4n) is 3.72. The minimum atomic E-state index is -0.176. The van der Waals surface area contributed by atoms with Crippen molar-refractivity contribution in [3.8, 4) is 34.4 Å². The molecule has 7 heteroatoms. The van der Waals surface area contributed by atoms with Gasteiger partial charge in [0.1, 0.15) is 11.6 Å². The average Bonchev–Trinajstić information content (AvgIpc) is 2.85. The molecule has 0 aliphatic rings. The van der Waals surface area contributed by atoms with Crippen molar-refractivity contribution in [2.45, 2.75) is 6.54 Å². The summed E-state index contributed by atoms with van der Waals surface area (Å²) in [7, 11) is 6.22. The highest BCUT2D eigenvalue weighted by Crippen LogP contribution is 2.43. The lowest BCUT2D eigenvalue weighted by Crippen LogP contribution is -2.24. The summed E-state index contributed by atoms with van der Waals surface area (Å²) in [6.45, 7) is 0.340. The Balaban J connectivity index is 2.04. The van der Waals surface area contributed by atoms with E-state index in [2.05, 4.69) is 0 Å². The van der Waals surface area contributed by atoms with E-state index in [0.717, 1.165) is 5.56 Å². The Bertz CT molecular complexity index is 1320. The van der Waals surface area contributed by atoms with Crippen molar-refractivity contribution in [2.75, 3.05) is 28.4 Å². The third kappa shape index (κ3) is 3.73. The predicted molar refractivity (Wildman–Crippen MR) is 123 cm³/mol. The maximum atomic E-state index is 13.6. The fourth-order valence-corrected chi connectivity index (χ4v) is 3.72. The van der Waals surface area contributed by atoms with Gasteiger partial charge in [0.2, 0.25) is 5.75 Å². The van der Waals surface area contributed by atoms with Crippen LogP contribution < -0.4 is 24.5 Å². The van der Waals surface area contributed by atoms with Gasteiger partial charge in [0.05, 0.1) is 51.5 Å². The molecule has 164 valence electrons. The quantitative estimate of drug-likeness (QED) is 0.437. The van der Waals surface area contributed by atoms with E-state index in [1.807, 2.05) is 36.4 Å². The third-order valence-electron chi connectivity index (χ3n) is 5.29. The second kappa shape index (κ2) is 9.01. The molecular formula is C25H24N2O5. The van der Waals surface area contributed by atoms with Crippen LogP contribution in [0.4, 0.5) is 0 Å². The largest absolute Gasteiger partial charge is 0.497 e. The number of hydrogen-bond acceptors (Lipinski definition) is 6. The fraction of sp³-hybridized carbons (Fsp3) is 0.200. The minimum Gasteiger partial charge on any atom is -0.497 e. The van der Waals surface area contributed by atoms with Gasteiger partial charge in [0, 0.05) is 0 Å². The van der Waals surface area contributed by atoms with Gasteiger partial charge >= 0.3 is 0 Å². The summed E-state index contributed by atoms with van der Waals surface area (Å²) >= 11 is 0. The number of methoxy groups -OCH3 is 4. The first-order valence-electron chi connectivity index (χ1n) is 10.0. The highest BCUT2D eigenvalue weighted by Gasteiger charge is 2.22. The lowest BCUT2D eigenvalue weighted by molar-refractivity contribution is 0.325. The Morgan fingerprint density at radius 2 is 1.56 bits per heavy atom. The second-order valence-electron chi connectivity index (χ2n) is 7.08. The van der Waals surface area contributed by atoms with Crippen LogP contribution in [-0.2, 0) is 6.54 Å². The summed E-state index contributed by atoms with van der Waals surface area (Å²) in [5, 5.41) is 0.475. The zero-order valence-electron chi connectivity index (χ0n) is 18.4. The normalized spacial score (nSPS) is 10.8. The molecule has 0 unspecified atom stereocenters. The predicted octanol–water partition coefficient (Wildman–Crippen LogP) is 4.15. The van der Waals surface area contributed by atoms with Crippen LogP contribution in [0.3, 0.4) is 0 Å². The van der Waals surface area contributed by atoms with E-state index in [1.54, 1.807) is 57.3 Å². The summed E-state index contributed by atoms with van der Waals surface area (Å²) in [5.74, 6) is 2.46. The van der Waals surface area contributed by atoms with E-state index in [1.165, 1.54) is 0 Å². The first-order valence-corrected chi connectivity index (χ1v) is 10.0. The van der Waals surface area contributed by atoms with E-state index in [0.29, 0.717) is 51.8 Å². The molecule has 4 rings (SSSR count). The number of ether oxygens (including phenoxy) is 4. The van der Waals surface area contributed by atoms with Gasteiger partial charge in [-0.2, -0.15) is 0 Å². The van der Waals surface area contributed by atoms with Crippen LogP contribution in [-0.4, -0.2) is 38.0 Å². The van der Waals surface area contributed by atoms with E-state index in [9.17, 15) is 4.79 Å². The number of fused-ring (bicyclic) bond motifs is 1. The van der Waals surface area contributed by atoms with Crippen LogP contribution in [0.25, 0.3) is 22.3 Å². The van der Waals surface area contributed by atoms with Gasteiger partial charge in [-0.3, -0.25) is 9.36 Å². The molecule has 0 atom stereocenters. The number of aromatic nitrogens is 2. The number of nitrogens with zero attached hydrogens (tertiary/aromatic N) is 2. The smallest absolute Gasteiger partial charge is 0.262 e. The molecule has 0 radical (unpaired) electrons. The molecule has 0 aliphatic carbocycles. The molecular weight excluding hydrogens is 408 g/mol. The van der Waals surface area contributed by atoms with Gasteiger partial charge in [-0.25, -0.2) is 4.98 Å². The maximum Gasteiger partial charge on any atom is 0.262 e. The highest BCUT2D eigenvalue weighted by atomic mass is 16.5. The van der Waals surface area contributed by atoms with E-state index in [-0.39, 0.29) is 5.56 Å². The lowest BCUT2D eigenvalue weighted by atomic mass is 10.1. The van der Waals surface area contributed by atoms with Crippen molar-refractivity contribution in [3.63, 3.8) is 0 Å². The van der Waals surface area contributed by atoms with Gasteiger partial charge in [0.25, 0.3) is 5.56 Å². The van der Waals surface area contributed by atoms with Crippen molar-refractivity contribution in [1.29, 1.82) is 0 Å². The van der Waals surface area contributed by atoms with Gasteiger partial charge in [-0.15, -0.1) is 0 Å². The molecule has 0 amide bonds. The van der Waals surface area contributed by atoms with Gasteiger partial charge < -0.3 is 18.9 Å². The number of benzene rings is 3. The molecule has 0 aliphatic heterocycles. The van der Waals surface area contributed by atoms with Gasteiger partial charge in [-0.1, -0.05) is 30.3 Å². The minimum absolute atomic E-state index is 0.176. The molecule has 0 bridgehead atoms. The molecule has 32 heavy (non-hydrogen) atoms. The molecule has 4 aromatic rings. The van der Waals surface area contributed by atoms with E-state index >= 15 is 0 Å². The molecule has 0 fully saturated rings. The lowest BCUT2D eigenvalue weighted by Gasteiger charge is -2.19. The summed E-state index contributed by atoms with van der Waals surface area (Å²) < 4.78 is 23.6. The van der Waals surface area contributed by atoms with Gasteiger partial charge in [0.15, 0.2) is 11.5 Å².